The van der Waals surface area contributed by atoms with E-state index in [9.17, 15) is 5.26 Å². The van der Waals surface area contributed by atoms with Gasteiger partial charge in [-0.25, -0.2) is 4.85 Å². The molecule has 10 aromatic rings. The Morgan fingerprint density at radius 2 is 1.08 bits per heavy atom. The molecule has 0 aliphatic carbocycles. The van der Waals surface area contributed by atoms with Crippen LogP contribution in [0.25, 0.3) is 92.9 Å². The molecular weight excluding hydrogens is 601 g/mol. The summed E-state index contributed by atoms with van der Waals surface area (Å²) in [5, 5.41) is 17.2. The molecule has 3 aromatic heterocycles. The highest BCUT2D eigenvalue weighted by atomic mass is 16.3. The SMILES string of the molecule is [C-]#[N+]c1cc(-n2c3ccccc3c3c4c(ccc32)oc2ccccc24)ccc1-c1ccc(-n2c3ccccc3c3ccccc32)cc1C#N. The van der Waals surface area contributed by atoms with Gasteiger partial charge in [-0.3, -0.25) is 0 Å². The zero-order valence-electron chi connectivity index (χ0n) is 26.1. The first kappa shape index (κ1) is 27.1. The molecule has 0 aliphatic rings. The van der Waals surface area contributed by atoms with Gasteiger partial charge in [0.1, 0.15) is 11.2 Å². The van der Waals surface area contributed by atoms with Gasteiger partial charge in [0.05, 0.1) is 40.3 Å². The summed E-state index contributed by atoms with van der Waals surface area (Å²) in [6, 6.07) is 51.7. The molecule has 0 unspecified atom stereocenters. The van der Waals surface area contributed by atoms with Gasteiger partial charge in [-0.1, -0.05) is 84.9 Å². The normalized spacial score (nSPS) is 11.6. The number of benzene rings is 7. The second-order valence-corrected chi connectivity index (χ2v) is 12.3. The van der Waals surface area contributed by atoms with Crippen LogP contribution in [0.15, 0.2) is 150 Å². The monoisotopic (exact) mass is 624 g/mol. The van der Waals surface area contributed by atoms with Gasteiger partial charge < -0.3 is 13.6 Å². The molecule has 5 nitrogen and oxygen atoms in total. The highest BCUT2D eigenvalue weighted by Gasteiger charge is 2.20. The van der Waals surface area contributed by atoms with Crippen molar-refractivity contribution in [1.82, 2.24) is 9.13 Å². The molecule has 0 amide bonds. The van der Waals surface area contributed by atoms with Crippen molar-refractivity contribution in [3.8, 4) is 28.6 Å². The van der Waals surface area contributed by atoms with Crippen molar-refractivity contribution < 1.29 is 4.42 Å². The maximum atomic E-state index is 10.4. The fraction of sp³-hybridized carbons (Fsp3) is 0. The van der Waals surface area contributed by atoms with Crippen LogP contribution in [0.3, 0.4) is 0 Å². The number of hydrogen-bond donors (Lipinski definition) is 0. The second kappa shape index (κ2) is 10.2. The minimum atomic E-state index is 0.486. The Balaban J connectivity index is 1.16. The van der Waals surface area contributed by atoms with E-state index in [1.807, 2.05) is 72.8 Å². The van der Waals surface area contributed by atoms with E-state index in [1.165, 1.54) is 10.8 Å². The lowest BCUT2D eigenvalue weighted by Crippen LogP contribution is -1.97. The Kier molecular flexibility index (Phi) is 5.64. The fourth-order valence-electron chi connectivity index (χ4n) is 7.73. The number of para-hydroxylation sites is 4. The maximum absolute atomic E-state index is 10.4. The molecule has 0 bridgehead atoms. The molecule has 0 fully saturated rings. The van der Waals surface area contributed by atoms with Crippen molar-refractivity contribution in [3.63, 3.8) is 0 Å². The van der Waals surface area contributed by atoms with Crippen LogP contribution < -0.4 is 0 Å². The minimum absolute atomic E-state index is 0.486. The van der Waals surface area contributed by atoms with E-state index in [2.05, 4.69) is 92.8 Å². The largest absolute Gasteiger partial charge is 0.456 e. The molecule has 10 rings (SSSR count). The smallest absolute Gasteiger partial charge is 0.197 e. The van der Waals surface area contributed by atoms with Crippen LogP contribution in [0.5, 0.6) is 0 Å². The number of fused-ring (bicyclic) bond motifs is 10. The summed E-state index contributed by atoms with van der Waals surface area (Å²) < 4.78 is 10.7. The number of furan rings is 1. The van der Waals surface area contributed by atoms with E-state index in [-0.39, 0.29) is 0 Å². The van der Waals surface area contributed by atoms with Crippen molar-refractivity contribution in [2.75, 3.05) is 0 Å². The molecule has 0 spiro atoms. The summed E-state index contributed by atoms with van der Waals surface area (Å²) in [5.41, 5.74) is 10.2. The van der Waals surface area contributed by atoms with E-state index in [0.717, 1.165) is 77.3 Å². The van der Waals surface area contributed by atoms with Gasteiger partial charge in [-0.2, -0.15) is 5.26 Å². The minimum Gasteiger partial charge on any atom is -0.456 e. The fourth-order valence-corrected chi connectivity index (χ4v) is 7.73. The summed E-state index contributed by atoms with van der Waals surface area (Å²) >= 11 is 0. The standard InChI is InChI=1S/C44H24N4O/c1-46-36-25-29(48-39-16-8-4-12-34(39)43-40(48)22-23-42-44(43)35-13-5-9-17-41(35)49-42)19-21-31(36)30-20-18-28(24-27(30)26-45)47-37-14-6-2-10-32(37)33-11-3-7-15-38(33)47/h2-25H. The predicted octanol–water partition coefficient (Wildman–Crippen LogP) is 11.9. The number of rotatable bonds is 3. The van der Waals surface area contributed by atoms with Crippen molar-refractivity contribution in [2.45, 2.75) is 0 Å². The Bertz CT molecular complexity index is 3030. The third kappa shape index (κ3) is 3.79. The Morgan fingerprint density at radius 3 is 1.78 bits per heavy atom. The molecule has 0 radical (unpaired) electrons. The van der Waals surface area contributed by atoms with E-state index >= 15 is 0 Å². The van der Waals surface area contributed by atoms with Gasteiger partial charge in [0, 0.05) is 43.7 Å². The van der Waals surface area contributed by atoms with E-state index in [0.29, 0.717) is 11.3 Å². The molecule has 0 aliphatic heterocycles. The quantitative estimate of drug-likeness (QED) is 0.184. The van der Waals surface area contributed by atoms with Crippen LogP contribution >= 0.6 is 0 Å². The molecule has 7 aromatic carbocycles. The molecule has 0 atom stereocenters. The first-order chi connectivity index (χ1) is 24.2. The summed E-state index contributed by atoms with van der Waals surface area (Å²) in [6.07, 6.45) is 0. The first-order valence-corrected chi connectivity index (χ1v) is 16.1. The number of nitrogens with zero attached hydrogens (tertiary/aromatic N) is 4. The molecule has 0 N–H and O–H groups in total. The molecule has 3 heterocycles. The lowest BCUT2D eigenvalue weighted by molar-refractivity contribution is 0.669. The summed E-state index contributed by atoms with van der Waals surface area (Å²) in [6.45, 7) is 8.24. The predicted molar refractivity (Wildman–Crippen MR) is 199 cm³/mol. The highest BCUT2D eigenvalue weighted by molar-refractivity contribution is 6.27. The molecule has 5 heteroatoms. The zero-order chi connectivity index (χ0) is 32.6. The number of nitriles is 1. The lowest BCUT2D eigenvalue weighted by Gasteiger charge is -2.14. The van der Waals surface area contributed by atoms with Gasteiger partial charge in [-0.15, -0.1) is 0 Å². The highest BCUT2D eigenvalue weighted by Crippen LogP contribution is 2.43. The average Bonchev–Trinajstić information content (AvgIpc) is 3.82. The Hall–Kier alpha value is -7.08. The van der Waals surface area contributed by atoms with Crippen molar-refractivity contribution in [2.24, 2.45) is 0 Å². The van der Waals surface area contributed by atoms with Crippen molar-refractivity contribution in [1.29, 1.82) is 5.26 Å². The van der Waals surface area contributed by atoms with Crippen LogP contribution in [-0.4, -0.2) is 9.13 Å². The molecule has 0 saturated carbocycles. The zero-order valence-corrected chi connectivity index (χ0v) is 26.1. The second-order valence-electron chi connectivity index (χ2n) is 12.3. The maximum Gasteiger partial charge on any atom is 0.197 e. The summed E-state index contributed by atoms with van der Waals surface area (Å²) in [7, 11) is 0. The van der Waals surface area contributed by atoms with Crippen LogP contribution in [-0.2, 0) is 0 Å². The van der Waals surface area contributed by atoms with Crippen molar-refractivity contribution in [3.05, 3.63) is 163 Å². The number of hydrogen-bond acceptors (Lipinski definition) is 2. The summed E-state index contributed by atoms with van der Waals surface area (Å²) in [4.78, 5) is 4.00. The van der Waals surface area contributed by atoms with Crippen molar-refractivity contribution >= 4 is 71.2 Å². The molecule has 0 saturated heterocycles. The van der Waals surface area contributed by atoms with Gasteiger partial charge in [0.25, 0.3) is 0 Å². The topological polar surface area (TPSA) is 51.1 Å². The third-order valence-corrected chi connectivity index (χ3v) is 9.79. The van der Waals surface area contributed by atoms with Gasteiger partial charge >= 0.3 is 0 Å². The van der Waals surface area contributed by atoms with Gasteiger partial charge in [0.2, 0.25) is 0 Å². The van der Waals surface area contributed by atoms with Gasteiger partial charge in [0.15, 0.2) is 5.69 Å². The molecular formula is C44H24N4O. The summed E-state index contributed by atoms with van der Waals surface area (Å²) in [5.74, 6) is 0. The van der Waals surface area contributed by atoms with E-state index in [4.69, 9.17) is 11.0 Å². The van der Waals surface area contributed by atoms with Crippen LogP contribution in [0, 0.1) is 17.9 Å². The van der Waals surface area contributed by atoms with E-state index in [1.54, 1.807) is 0 Å². The van der Waals surface area contributed by atoms with Gasteiger partial charge in [-0.05, 0) is 71.8 Å². The third-order valence-electron chi connectivity index (χ3n) is 9.79. The molecule has 226 valence electrons. The van der Waals surface area contributed by atoms with E-state index < -0.39 is 0 Å². The van der Waals surface area contributed by atoms with Crippen LogP contribution in [0.4, 0.5) is 5.69 Å². The van der Waals surface area contributed by atoms with Crippen LogP contribution in [0.1, 0.15) is 5.56 Å². The lowest BCUT2D eigenvalue weighted by atomic mass is 9.97. The van der Waals surface area contributed by atoms with Crippen LogP contribution in [0.2, 0.25) is 0 Å². The Morgan fingerprint density at radius 1 is 0.510 bits per heavy atom. The first-order valence-electron chi connectivity index (χ1n) is 16.1. The number of aromatic nitrogens is 2. The average molecular weight is 625 g/mol. The molecule has 49 heavy (non-hydrogen) atoms. The Labute approximate surface area is 280 Å².